The lowest BCUT2D eigenvalue weighted by Gasteiger charge is -2.30. The third-order valence-corrected chi connectivity index (χ3v) is 3.70. The fraction of sp³-hybridized carbons (Fsp3) is 0.200. The van der Waals surface area contributed by atoms with Gasteiger partial charge in [0.1, 0.15) is 5.69 Å². The number of hydrogen-bond donors (Lipinski definition) is 1. The molecule has 0 saturated carbocycles. The maximum Gasteiger partial charge on any atom is 0.276 e. The van der Waals surface area contributed by atoms with Crippen molar-refractivity contribution in [1.82, 2.24) is 4.98 Å². The van der Waals surface area contributed by atoms with Crippen LogP contribution in [0.5, 0.6) is 0 Å². The van der Waals surface area contributed by atoms with Crippen LogP contribution in [0.4, 0.5) is 11.4 Å². The Balaban J connectivity index is 1.98. The maximum absolute atomic E-state index is 12.6. The number of pyridine rings is 1. The molecule has 20 heavy (non-hydrogen) atoms. The highest BCUT2D eigenvalue weighted by Crippen LogP contribution is 2.32. The van der Waals surface area contributed by atoms with Crippen molar-refractivity contribution in [3.05, 3.63) is 52.8 Å². The van der Waals surface area contributed by atoms with Gasteiger partial charge in [-0.3, -0.25) is 4.79 Å². The molecule has 1 aromatic heterocycles. The smallest absolute Gasteiger partial charge is 0.276 e. The van der Waals surface area contributed by atoms with Crippen LogP contribution in [0.1, 0.15) is 22.5 Å². The van der Waals surface area contributed by atoms with E-state index < -0.39 is 0 Å². The molecule has 1 aliphatic heterocycles. The quantitative estimate of drug-likeness (QED) is 0.821. The predicted molar refractivity (Wildman–Crippen MR) is 80.1 cm³/mol. The summed E-state index contributed by atoms with van der Waals surface area (Å²) in [4.78, 5) is 18.4. The highest BCUT2D eigenvalue weighted by Gasteiger charge is 2.25. The van der Waals surface area contributed by atoms with E-state index in [4.69, 9.17) is 17.3 Å². The van der Waals surface area contributed by atoms with Crippen molar-refractivity contribution in [3.8, 4) is 0 Å². The van der Waals surface area contributed by atoms with Crippen LogP contribution in [0.25, 0.3) is 0 Å². The first-order valence-electron chi connectivity index (χ1n) is 6.47. The van der Waals surface area contributed by atoms with Crippen molar-refractivity contribution in [2.24, 2.45) is 0 Å². The average molecular weight is 288 g/mol. The molecule has 0 unspecified atom stereocenters. The van der Waals surface area contributed by atoms with Gasteiger partial charge in [-0.2, -0.15) is 0 Å². The zero-order valence-corrected chi connectivity index (χ0v) is 11.6. The summed E-state index contributed by atoms with van der Waals surface area (Å²) in [7, 11) is 0. The Morgan fingerprint density at radius 2 is 2.15 bits per heavy atom. The third-order valence-electron chi connectivity index (χ3n) is 3.48. The van der Waals surface area contributed by atoms with Gasteiger partial charge in [0.15, 0.2) is 0 Å². The van der Waals surface area contributed by atoms with E-state index in [1.54, 1.807) is 17.0 Å². The standard InChI is InChI=1S/C15H14ClN3O/c16-10-6-7-13(18-9-10)15(20)19-8-2-3-11-12(17)4-1-5-14(11)19/h1,4-7,9H,2-3,8,17H2. The van der Waals surface area contributed by atoms with Crippen LogP contribution in [-0.4, -0.2) is 17.4 Å². The molecular weight excluding hydrogens is 274 g/mol. The van der Waals surface area contributed by atoms with E-state index in [9.17, 15) is 4.79 Å². The Hall–Kier alpha value is -2.07. The molecule has 3 rings (SSSR count). The first-order valence-corrected chi connectivity index (χ1v) is 6.85. The van der Waals surface area contributed by atoms with Gasteiger partial charge in [0, 0.05) is 24.1 Å². The van der Waals surface area contributed by atoms with Crippen molar-refractivity contribution < 1.29 is 4.79 Å². The average Bonchev–Trinajstić information content (AvgIpc) is 2.47. The van der Waals surface area contributed by atoms with E-state index in [1.165, 1.54) is 6.20 Å². The Morgan fingerprint density at radius 3 is 2.90 bits per heavy atom. The molecule has 1 aliphatic rings. The van der Waals surface area contributed by atoms with Crippen molar-refractivity contribution >= 4 is 28.9 Å². The fourth-order valence-electron chi connectivity index (χ4n) is 2.50. The van der Waals surface area contributed by atoms with Gasteiger partial charge >= 0.3 is 0 Å². The lowest BCUT2D eigenvalue weighted by molar-refractivity contribution is 0.0980. The van der Waals surface area contributed by atoms with E-state index in [1.807, 2.05) is 18.2 Å². The number of nitrogens with zero attached hydrogens (tertiary/aromatic N) is 2. The number of fused-ring (bicyclic) bond motifs is 1. The van der Waals surface area contributed by atoms with Gasteiger partial charge in [-0.25, -0.2) is 4.98 Å². The minimum atomic E-state index is -0.117. The molecule has 0 saturated heterocycles. The number of carbonyl (C=O) groups is 1. The van der Waals surface area contributed by atoms with Crippen LogP contribution >= 0.6 is 11.6 Å². The maximum atomic E-state index is 12.6. The summed E-state index contributed by atoms with van der Waals surface area (Å²) in [6.45, 7) is 0.680. The number of carbonyl (C=O) groups excluding carboxylic acids is 1. The molecule has 5 heteroatoms. The second kappa shape index (κ2) is 5.13. The lowest BCUT2D eigenvalue weighted by atomic mass is 9.99. The number of hydrogen-bond acceptors (Lipinski definition) is 3. The van der Waals surface area contributed by atoms with Gasteiger partial charge in [-0.15, -0.1) is 0 Å². The number of nitrogen functional groups attached to an aromatic ring is 1. The van der Waals surface area contributed by atoms with Gasteiger partial charge in [-0.05, 0) is 42.7 Å². The Bertz CT molecular complexity index is 655. The number of aromatic nitrogens is 1. The minimum Gasteiger partial charge on any atom is -0.398 e. The van der Waals surface area contributed by atoms with Crippen LogP contribution < -0.4 is 10.6 Å². The normalized spacial score (nSPS) is 13.9. The van der Waals surface area contributed by atoms with Gasteiger partial charge in [-0.1, -0.05) is 17.7 Å². The second-order valence-corrected chi connectivity index (χ2v) is 5.20. The molecule has 1 aromatic carbocycles. The molecule has 0 radical (unpaired) electrons. The molecule has 102 valence electrons. The van der Waals surface area contributed by atoms with E-state index in [-0.39, 0.29) is 5.91 Å². The van der Waals surface area contributed by atoms with Crippen molar-refractivity contribution in [3.63, 3.8) is 0 Å². The number of rotatable bonds is 1. The SMILES string of the molecule is Nc1cccc2c1CCCN2C(=O)c1ccc(Cl)cn1. The summed E-state index contributed by atoms with van der Waals surface area (Å²) in [5.74, 6) is -0.117. The number of nitrogens with two attached hydrogens (primary N) is 1. The number of amides is 1. The van der Waals surface area contributed by atoms with Crippen LogP contribution in [0, 0.1) is 0 Å². The first-order chi connectivity index (χ1) is 9.66. The summed E-state index contributed by atoms with van der Waals surface area (Å²) < 4.78 is 0. The van der Waals surface area contributed by atoms with Gasteiger partial charge in [0.2, 0.25) is 0 Å². The topological polar surface area (TPSA) is 59.2 Å². The summed E-state index contributed by atoms with van der Waals surface area (Å²) in [5, 5.41) is 0.518. The van der Waals surface area contributed by atoms with Crippen molar-refractivity contribution in [2.75, 3.05) is 17.2 Å². The Morgan fingerprint density at radius 1 is 1.30 bits per heavy atom. The van der Waals surface area contributed by atoms with Gasteiger partial charge in [0.05, 0.1) is 5.02 Å². The molecule has 0 atom stereocenters. The van der Waals surface area contributed by atoms with E-state index in [2.05, 4.69) is 4.98 Å². The molecule has 2 N–H and O–H groups in total. The molecule has 2 aromatic rings. The molecule has 0 fully saturated rings. The Kier molecular flexibility index (Phi) is 3.32. The number of benzene rings is 1. The monoisotopic (exact) mass is 287 g/mol. The summed E-state index contributed by atoms with van der Waals surface area (Å²) in [6.07, 6.45) is 3.29. The second-order valence-electron chi connectivity index (χ2n) is 4.77. The molecule has 1 amide bonds. The summed E-state index contributed by atoms with van der Waals surface area (Å²) >= 11 is 5.80. The Labute approximate surface area is 122 Å². The van der Waals surface area contributed by atoms with Gasteiger partial charge in [0.25, 0.3) is 5.91 Å². The van der Waals surface area contributed by atoms with Gasteiger partial charge < -0.3 is 10.6 Å². The molecule has 0 spiro atoms. The highest BCUT2D eigenvalue weighted by atomic mass is 35.5. The van der Waals surface area contributed by atoms with Crippen LogP contribution in [0.2, 0.25) is 5.02 Å². The fourth-order valence-corrected chi connectivity index (χ4v) is 2.62. The summed E-state index contributed by atoms with van der Waals surface area (Å²) in [5.41, 5.74) is 9.05. The molecule has 0 bridgehead atoms. The van der Waals surface area contributed by atoms with E-state index >= 15 is 0 Å². The molecule has 0 aliphatic carbocycles. The summed E-state index contributed by atoms with van der Waals surface area (Å²) in [6, 6.07) is 8.98. The lowest BCUT2D eigenvalue weighted by Crippen LogP contribution is -2.36. The van der Waals surface area contributed by atoms with Crippen LogP contribution in [0.3, 0.4) is 0 Å². The van der Waals surface area contributed by atoms with Crippen LogP contribution in [0.15, 0.2) is 36.5 Å². The molecular formula is C15H14ClN3O. The van der Waals surface area contributed by atoms with Crippen molar-refractivity contribution in [2.45, 2.75) is 12.8 Å². The van der Waals surface area contributed by atoms with E-state index in [0.29, 0.717) is 17.3 Å². The minimum absolute atomic E-state index is 0.117. The molecule has 2 heterocycles. The highest BCUT2D eigenvalue weighted by molar-refractivity contribution is 6.30. The predicted octanol–water partition coefficient (Wildman–Crippen LogP) is 2.91. The van der Waals surface area contributed by atoms with Crippen molar-refractivity contribution in [1.29, 1.82) is 0 Å². The zero-order valence-electron chi connectivity index (χ0n) is 10.8. The largest absolute Gasteiger partial charge is 0.398 e. The zero-order chi connectivity index (χ0) is 14.1. The third kappa shape index (κ3) is 2.23. The number of halogens is 1. The number of anilines is 2. The first kappa shape index (κ1) is 12.9. The molecule has 4 nitrogen and oxygen atoms in total. The van der Waals surface area contributed by atoms with Crippen LogP contribution in [-0.2, 0) is 6.42 Å². The van der Waals surface area contributed by atoms with E-state index in [0.717, 1.165) is 29.8 Å².